The first-order valence-electron chi connectivity index (χ1n) is 8.83. The third-order valence-electron chi connectivity index (χ3n) is 5.06. The van der Waals surface area contributed by atoms with Gasteiger partial charge < -0.3 is 9.80 Å². The average molecular weight is 330 g/mol. The van der Waals surface area contributed by atoms with Crippen LogP contribution in [0.5, 0.6) is 0 Å². The highest BCUT2D eigenvalue weighted by atomic mass is 16.2. The summed E-state index contributed by atoms with van der Waals surface area (Å²) in [4.78, 5) is 29.0. The number of carbonyl (C=O) groups excluding carboxylic acids is 2. The van der Waals surface area contributed by atoms with Crippen LogP contribution in [0.15, 0.2) is 34.9 Å². The second kappa shape index (κ2) is 6.96. The molecule has 1 fully saturated rings. The molecule has 0 aromatic carbocycles. The minimum Gasteiger partial charge on any atom is -0.344 e. The molecule has 1 unspecified atom stereocenters. The largest absolute Gasteiger partial charge is 0.344 e. The Morgan fingerprint density at radius 2 is 2.00 bits per heavy atom. The minimum atomic E-state index is -0.484. The second-order valence-electron chi connectivity index (χ2n) is 7.40. The summed E-state index contributed by atoms with van der Waals surface area (Å²) in [5, 5.41) is 0. The molecule has 1 aliphatic carbocycles. The fourth-order valence-electron chi connectivity index (χ4n) is 4.05. The van der Waals surface area contributed by atoms with Gasteiger partial charge in [-0.25, -0.2) is 0 Å². The van der Waals surface area contributed by atoms with Crippen LogP contribution in [-0.2, 0) is 9.59 Å². The number of nitrogens with zero attached hydrogens (tertiary/aromatic N) is 2. The molecule has 0 saturated carbocycles. The Kier molecular flexibility index (Phi) is 5.36. The molecule has 0 bridgehead atoms. The minimum absolute atomic E-state index is 0.0333. The number of amides is 2. The van der Waals surface area contributed by atoms with E-state index in [-0.39, 0.29) is 11.8 Å². The molecule has 1 heterocycles. The fourth-order valence-corrected chi connectivity index (χ4v) is 4.05. The SMILES string of the molecule is CCCN(C)C(=O)C1CC2=CC(C)=CCC=C2C(C)(C)N1C(C)=O. The average Bonchev–Trinajstić information content (AvgIpc) is 2.66. The van der Waals surface area contributed by atoms with Gasteiger partial charge in [0.1, 0.15) is 6.04 Å². The Labute approximate surface area is 145 Å². The van der Waals surface area contributed by atoms with Gasteiger partial charge in [0.2, 0.25) is 11.8 Å². The molecule has 0 radical (unpaired) electrons. The van der Waals surface area contributed by atoms with Crippen molar-refractivity contribution in [1.82, 2.24) is 9.80 Å². The number of piperidine rings is 1. The summed E-state index contributed by atoms with van der Waals surface area (Å²) in [5.74, 6) is -0.0110. The molecule has 0 spiro atoms. The number of carbonyl (C=O) groups is 2. The van der Waals surface area contributed by atoms with Crippen molar-refractivity contribution in [1.29, 1.82) is 0 Å². The maximum Gasteiger partial charge on any atom is 0.245 e. The van der Waals surface area contributed by atoms with E-state index in [0.29, 0.717) is 13.0 Å². The van der Waals surface area contributed by atoms with Crippen LogP contribution >= 0.6 is 0 Å². The van der Waals surface area contributed by atoms with E-state index in [2.05, 4.69) is 32.1 Å². The molecule has 0 aromatic heterocycles. The smallest absolute Gasteiger partial charge is 0.245 e. The van der Waals surface area contributed by atoms with Gasteiger partial charge in [-0.3, -0.25) is 9.59 Å². The summed E-state index contributed by atoms with van der Waals surface area (Å²) in [7, 11) is 1.83. The van der Waals surface area contributed by atoms with E-state index < -0.39 is 11.6 Å². The summed E-state index contributed by atoms with van der Waals surface area (Å²) in [6.45, 7) is 10.5. The summed E-state index contributed by atoms with van der Waals surface area (Å²) < 4.78 is 0. The zero-order chi connectivity index (χ0) is 18.1. The van der Waals surface area contributed by atoms with Crippen LogP contribution in [0.3, 0.4) is 0 Å². The topological polar surface area (TPSA) is 40.6 Å². The fraction of sp³-hybridized carbons (Fsp3) is 0.600. The highest BCUT2D eigenvalue weighted by Crippen LogP contribution is 2.42. The normalized spacial score (nSPS) is 22.7. The second-order valence-corrected chi connectivity index (χ2v) is 7.40. The van der Waals surface area contributed by atoms with Crippen LogP contribution in [0.25, 0.3) is 0 Å². The molecule has 0 aromatic rings. The molecule has 1 aliphatic heterocycles. The molecule has 2 rings (SSSR count). The number of likely N-dealkylation sites (tertiary alicyclic amines) is 1. The van der Waals surface area contributed by atoms with Gasteiger partial charge in [0.05, 0.1) is 5.54 Å². The van der Waals surface area contributed by atoms with Crippen LogP contribution in [0, 0.1) is 0 Å². The Bertz CT molecular complexity index is 626. The number of fused-ring (bicyclic) bond motifs is 1. The predicted octanol–water partition coefficient (Wildman–Crippen LogP) is 3.46. The number of hydrogen-bond acceptors (Lipinski definition) is 2. The zero-order valence-corrected chi connectivity index (χ0v) is 15.8. The first-order chi connectivity index (χ1) is 11.2. The molecule has 0 N–H and O–H groups in total. The summed E-state index contributed by atoms with van der Waals surface area (Å²) in [5.41, 5.74) is 3.10. The van der Waals surface area contributed by atoms with E-state index in [9.17, 15) is 9.59 Å². The van der Waals surface area contributed by atoms with Crippen LogP contribution in [0.2, 0.25) is 0 Å². The predicted molar refractivity (Wildman–Crippen MR) is 97.5 cm³/mol. The van der Waals surface area contributed by atoms with Crippen molar-refractivity contribution in [3.63, 3.8) is 0 Å². The third kappa shape index (κ3) is 3.33. The van der Waals surface area contributed by atoms with Crippen LogP contribution in [-0.4, -0.2) is 46.8 Å². The Hall–Kier alpha value is -1.84. The van der Waals surface area contributed by atoms with E-state index in [4.69, 9.17) is 0 Å². The maximum atomic E-state index is 13.0. The quantitative estimate of drug-likeness (QED) is 0.795. The van der Waals surface area contributed by atoms with Crippen LogP contribution in [0.1, 0.15) is 53.9 Å². The van der Waals surface area contributed by atoms with Gasteiger partial charge in [0.25, 0.3) is 0 Å². The van der Waals surface area contributed by atoms with E-state index in [1.165, 1.54) is 16.7 Å². The monoisotopic (exact) mass is 330 g/mol. The lowest BCUT2D eigenvalue weighted by Crippen LogP contribution is -2.61. The first kappa shape index (κ1) is 18.5. The highest BCUT2D eigenvalue weighted by Gasteiger charge is 2.46. The van der Waals surface area contributed by atoms with Crippen molar-refractivity contribution in [3.05, 3.63) is 34.9 Å². The van der Waals surface area contributed by atoms with Gasteiger partial charge in [-0.05, 0) is 44.8 Å². The first-order valence-corrected chi connectivity index (χ1v) is 8.83. The van der Waals surface area contributed by atoms with Gasteiger partial charge in [-0.1, -0.05) is 30.7 Å². The Morgan fingerprint density at radius 1 is 1.33 bits per heavy atom. The van der Waals surface area contributed by atoms with Crippen molar-refractivity contribution in [2.24, 2.45) is 0 Å². The summed E-state index contributed by atoms with van der Waals surface area (Å²) >= 11 is 0. The van der Waals surface area contributed by atoms with Crippen molar-refractivity contribution in [3.8, 4) is 0 Å². The maximum absolute atomic E-state index is 13.0. The molecule has 1 saturated heterocycles. The number of allylic oxidation sites excluding steroid dienone is 4. The van der Waals surface area contributed by atoms with E-state index in [1.807, 2.05) is 20.9 Å². The van der Waals surface area contributed by atoms with E-state index in [0.717, 1.165) is 12.8 Å². The number of rotatable bonds is 3. The van der Waals surface area contributed by atoms with Crippen molar-refractivity contribution < 1.29 is 9.59 Å². The molecular weight excluding hydrogens is 300 g/mol. The lowest BCUT2D eigenvalue weighted by Gasteiger charge is -2.50. The molecule has 4 heteroatoms. The molecule has 132 valence electrons. The van der Waals surface area contributed by atoms with E-state index in [1.54, 1.807) is 16.7 Å². The summed E-state index contributed by atoms with van der Waals surface area (Å²) in [6.07, 6.45) is 8.94. The zero-order valence-electron chi connectivity index (χ0n) is 15.8. The summed E-state index contributed by atoms with van der Waals surface area (Å²) in [6, 6.07) is -0.427. The molecule has 1 atom stereocenters. The van der Waals surface area contributed by atoms with Gasteiger partial charge in [-0.15, -0.1) is 0 Å². The van der Waals surface area contributed by atoms with Crippen molar-refractivity contribution in [2.75, 3.05) is 13.6 Å². The van der Waals surface area contributed by atoms with Crippen LogP contribution in [0.4, 0.5) is 0 Å². The van der Waals surface area contributed by atoms with Gasteiger partial charge in [-0.2, -0.15) is 0 Å². The number of hydrogen-bond donors (Lipinski definition) is 0. The van der Waals surface area contributed by atoms with E-state index >= 15 is 0 Å². The standard InChI is InChI=1S/C20H30N2O2/c1-7-11-21(6)19(24)18-13-16-12-14(2)9-8-10-17(16)20(4,5)22(18)15(3)23/h9-10,12,18H,7-8,11,13H2,1-6H3. The molecule has 2 aliphatic rings. The Balaban J connectivity index is 2.48. The molecular formula is C20H30N2O2. The lowest BCUT2D eigenvalue weighted by atomic mass is 9.77. The van der Waals surface area contributed by atoms with Crippen LogP contribution < -0.4 is 0 Å². The van der Waals surface area contributed by atoms with Gasteiger partial charge in [0.15, 0.2) is 0 Å². The molecule has 24 heavy (non-hydrogen) atoms. The van der Waals surface area contributed by atoms with Crippen molar-refractivity contribution >= 4 is 11.8 Å². The highest BCUT2D eigenvalue weighted by molar-refractivity contribution is 5.89. The number of likely N-dealkylation sites (N-methyl/N-ethyl adjacent to an activating group) is 1. The van der Waals surface area contributed by atoms with Gasteiger partial charge >= 0.3 is 0 Å². The van der Waals surface area contributed by atoms with Gasteiger partial charge in [0, 0.05) is 26.9 Å². The molecule has 2 amide bonds. The third-order valence-corrected chi connectivity index (χ3v) is 5.06. The molecule has 4 nitrogen and oxygen atoms in total. The lowest BCUT2D eigenvalue weighted by molar-refractivity contribution is -0.149. The van der Waals surface area contributed by atoms with Crippen molar-refractivity contribution in [2.45, 2.75) is 65.5 Å². The Morgan fingerprint density at radius 3 is 2.58 bits per heavy atom.